The second kappa shape index (κ2) is 4.90. The monoisotopic (exact) mass is 289 g/mol. The van der Waals surface area contributed by atoms with E-state index >= 15 is 0 Å². The van der Waals surface area contributed by atoms with Crippen LogP contribution in [0.15, 0.2) is 18.2 Å². The Hall–Kier alpha value is -1.88. The zero-order chi connectivity index (χ0) is 14.3. The van der Waals surface area contributed by atoms with E-state index in [4.69, 9.17) is 4.74 Å². The molecule has 1 aliphatic rings. The van der Waals surface area contributed by atoms with Crippen LogP contribution in [-0.2, 0) is 6.42 Å². The van der Waals surface area contributed by atoms with Crippen LogP contribution in [0.3, 0.4) is 0 Å². The number of nitrogens with zero attached hydrogens (tertiary/aromatic N) is 1. The van der Waals surface area contributed by atoms with E-state index in [1.807, 2.05) is 32.0 Å². The highest BCUT2D eigenvalue weighted by Gasteiger charge is 2.21. The Bertz CT molecular complexity index is 676. The number of thiazole rings is 1. The molecule has 0 radical (unpaired) electrons. The summed E-state index contributed by atoms with van der Waals surface area (Å²) in [7, 11) is 0. The Morgan fingerprint density at radius 1 is 1.45 bits per heavy atom. The standard InChI is InChI=1S/C15H15NO3S/c1-8(2)14-16-12(15(17)18)13(20-14)10-3-4-11-9(7-10)5-6-19-11/h3-4,7-8H,5-6H2,1-2H3,(H,17,18). The number of aromatic carboxylic acids is 1. The van der Waals surface area contributed by atoms with Crippen LogP contribution in [0.2, 0.25) is 0 Å². The Morgan fingerprint density at radius 3 is 2.95 bits per heavy atom. The number of ether oxygens (including phenoxy) is 1. The minimum atomic E-state index is -0.972. The molecule has 0 saturated heterocycles. The largest absolute Gasteiger partial charge is 0.493 e. The Kier molecular flexibility index (Phi) is 3.22. The third-order valence-electron chi connectivity index (χ3n) is 3.29. The first-order valence-corrected chi connectivity index (χ1v) is 7.38. The number of rotatable bonds is 3. The summed E-state index contributed by atoms with van der Waals surface area (Å²) < 4.78 is 5.48. The summed E-state index contributed by atoms with van der Waals surface area (Å²) in [6.07, 6.45) is 0.876. The first kappa shape index (κ1) is 13.1. The van der Waals surface area contributed by atoms with Gasteiger partial charge in [-0.15, -0.1) is 11.3 Å². The topological polar surface area (TPSA) is 59.4 Å². The number of carboxylic acid groups (broad SMARTS) is 1. The van der Waals surface area contributed by atoms with Gasteiger partial charge in [0.25, 0.3) is 0 Å². The molecule has 20 heavy (non-hydrogen) atoms. The maximum atomic E-state index is 11.4. The number of carboxylic acids is 1. The normalized spacial score (nSPS) is 13.3. The molecule has 0 bridgehead atoms. The van der Waals surface area contributed by atoms with Crippen molar-refractivity contribution in [3.8, 4) is 16.2 Å². The van der Waals surface area contributed by atoms with Crippen LogP contribution in [-0.4, -0.2) is 22.7 Å². The molecule has 0 atom stereocenters. The molecule has 1 aliphatic heterocycles. The van der Waals surface area contributed by atoms with Crippen molar-refractivity contribution in [2.24, 2.45) is 0 Å². The summed E-state index contributed by atoms with van der Waals surface area (Å²) in [6.45, 7) is 4.74. The maximum absolute atomic E-state index is 11.4. The van der Waals surface area contributed by atoms with Crippen molar-refractivity contribution in [3.05, 3.63) is 34.5 Å². The lowest BCUT2D eigenvalue weighted by Gasteiger charge is -2.02. The Morgan fingerprint density at radius 2 is 2.25 bits per heavy atom. The molecule has 5 heteroatoms. The number of hydrogen-bond donors (Lipinski definition) is 1. The van der Waals surface area contributed by atoms with Gasteiger partial charge in [-0.3, -0.25) is 0 Å². The maximum Gasteiger partial charge on any atom is 0.356 e. The molecule has 0 spiro atoms. The minimum Gasteiger partial charge on any atom is -0.493 e. The molecular weight excluding hydrogens is 274 g/mol. The summed E-state index contributed by atoms with van der Waals surface area (Å²) in [5, 5.41) is 10.2. The molecular formula is C15H15NO3S. The predicted octanol–water partition coefficient (Wildman–Crippen LogP) is 3.57. The van der Waals surface area contributed by atoms with Gasteiger partial charge in [-0.1, -0.05) is 13.8 Å². The van der Waals surface area contributed by atoms with Gasteiger partial charge in [0.15, 0.2) is 5.69 Å². The number of aromatic nitrogens is 1. The van der Waals surface area contributed by atoms with Gasteiger partial charge in [0.2, 0.25) is 0 Å². The fraction of sp³-hybridized carbons (Fsp3) is 0.333. The molecule has 0 aliphatic carbocycles. The summed E-state index contributed by atoms with van der Waals surface area (Å²) in [5.41, 5.74) is 2.20. The van der Waals surface area contributed by atoms with Crippen LogP contribution >= 0.6 is 11.3 Å². The zero-order valence-corrected chi connectivity index (χ0v) is 12.2. The number of carbonyl (C=O) groups is 1. The van der Waals surface area contributed by atoms with Crippen molar-refractivity contribution in [1.29, 1.82) is 0 Å². The minimum absolute atomic E-state index is 0.151. The lowest BCUT2D eigenvalue weighted by molar-refractivity contribution is 0.0692. The van der Waals surface area contributed by atoms with Crippen LogP contribution in [0, 0.1) is 0 Å². The molecule has 0 fully saturated rings. The van der Waals surface area contributed by atoms with Gasteiger partial charge in [-0.05, 0) is 29.3 Å². The molecule has 104 valence electrons. The number of benzene rings is 1. The van der Waals surface area contributed by atoms with Crippen LogP contribution in [0.4, 0.5) is 0 Å². The van der Waals surface area contributed by atoms with E-state index in [0.29, 0.717) is 6.61 Å². The molecule has 0 unspecified atom stereocenters. The van der Waals surface area contributed by atoms with Crippen LogP contribution in [0.25, 0.3) is 10.4 Å². The summed E-state index contributed by atoms with van der Waals surface area (Å²) in [5.74, 6) is 0.156. The van der Waals surface area contributed by atoms with E-state index in [0.717, 1.165) is 33.2 Å². The van der Waals surface area contributed by atoms with Crippen LogP contribution < -0.4 is 4.74 Å². The lowest BCUT2D eigenvalue weighted by atomic mass is 10.1. The smallest absolute Gasteiger partial charge is 0.356 e. The molecule has 1 aromatic heterocycles. The average Bonchev–Trinajstić information content (AvgIpc) is 3.04. The molecule has 1 N–H and O–H groups in total. The van der Waals surface area contributed by atoms with Gasteiger partial charge in [0.1, 0.15) is 5.75 Å². The summed E-state index contributed by atoms with van der Waals surface area (Å²) in [4.78, 5) is 16.4. The molecule has 3 rings (SSSR count). The van der Waals surface area contributed by atoms with E-state index in [2.05, 4.69) is 4.98 Å². The van der Waals surface area contributed by atoms with E-state index < -0.39 is 5.97 Å². The Balaban J connectivity index is 2.11. The van der Waals surface area contributed by atoms with Gasteiger partial charge >= 0.3 is 5.97 Å². The third kappa shape index (κ3) is 2.18. The summed E-state index contributed by atoms with van der Waals surface area (Å²) >= 11 is 1.46. The highest BCUT2D eigenvalue weighted by Crippen LogP contribution is 2.37. The molecule has 4 nitrogen and oxygen atoms in total. The molecule has 2 heterocycles. The average molecular weight is 289 g/mol. The molecule has 0 saturated carbocycles. The van der Waals surface area contributed by atoms with E-state index in [-0.39, 0.29) is 11.6 Å². The first-order valence-electron chi connectivity index (χ1n) is 6.56. The lowest BCUT2D eigenvalue weighted by Crippen LogP contribution is -1.99. The van der Waals surface area contributed by atoms with Gasteiger partial charge in [0, 0.05) is 12.3 Å². The van der Waals surface area contributed by atoms with E-state index in [1.54, 1.807) is 0 Å². The molecule has 1 aromatic carbocycles. The second-order valence-corrected chi connectivity index (χ2v) is 6.14. The van der Waals surface area contributed by atoms with Gasteiger partial charge < -0.3 is 9.84 Å². The number of hydrogen-bond acceptors (Lipinski definition) is 4. The molecule has 2 aromatic rings. The van der Waals surface area contributed by atoms with Gasteiger partial charge in [0.05, 0.1) is 16.5 Å². The van der Waals surface area contributed by atoms with Gasteiger partial charge in [-0.2, -0.15) is 0 Å². The van der Waals surface area contributed by atoms with Crippen molar-refractivity contribution in [3.63, 3.8) is 0 Å². The second-order valence-electron chi connectivity index (χ2n) is 5.11. The van der Waals surface area contributed by atoms with Crippen LogP contribution in [0.5, 0.6) is 5.75 Å². The van der Waals surface area contributed by atoms with E-state index in [9.17, 15) is 9.90 Å². The Labute approximate surface area is 121 Å². The van der Waals surface area contributed by atoms with Crippen molar-refractivity contribution in [1.82, 2.24) is 4.98 Å². The fourth-order valence-electron chi connectivity index (χ4n) is 2.25. The van der Waals surface area contributed by atoms with Crippen molar-refractivity contribution < 1.29 is 14.6 Å². The zero-order valence-electron chi connectivity index (χ0n) is 11.3. The van der Waals surface area contributed by atoms with Gasteiger partial charge in [-0.25, -0.2) is 9.78 Å². The summed E-state index contributed by atoms with van der Waals surface area (Å²) in [6, 6.07) is 5.85. The van der Waals surface area contributed by atoms with E-state index in [1.165, 1.54) is 11.3 Å². The van der Waals surface area contributed by atoms with Crippen LogP contribution in [0.1, 0.15) is 40.8 Å². The predicted molar refractivity (Wildman–Crippen MR) is 77.8 cm³/mol. The fourth-order valence-corrected chi connectivity index (χ4v) is 3.31. The highest BCUT2D eigenvalue weighted by atomic mass is 32.1. The number of fused-ring (bicyclic) bond motifs is 1. The van der Waals surface area contributed by atoms with Crippen molar-refractivity contribution in [2.45, 2.75) is 26.2 Å². The SMILES string of the molecule is CC(C)c1nc(C(=O)O)c(-c2ccc3c(c2)CCO3)s1. The third-order valence-corrected chi connectivity index (χ3v) is 4.70. The van der Waals surface area contributed by atoms with Crippen molar-refractivity contribution >= 4 is 17.3 Å². The molecule has 0 amide bonds. The first-order chi connectivity index (χ1) is 9.56. The highest BCUT2D eigenvalue weighted by molar-refractivity contribution is 7.15. The van der Waals surface area contributed by atoms with Crippen molar-refractivity contribution in [2.75, 3.05) is 6.61 Å². The quantitative estimate of drug-likeness (QED) is 0.938.